The van der Waals surface area contributed by atoms with Crippen LogP contribution in [0, 0.1) is 62.6 Å². The van der Waals surface area contributed by atoms with Crippen LogP contribution in [0.15, 0.2) is 27.8 Å². The van der Waals surface area contributed by atoms with Gasteiger partial charge >= 0.3 is 0 Å². The highest BCUT2D eigenvalue weighted by Crippen LogP contribution is 2.74. The van der Waals surface area contributed by atoms with Crippen molar-refractivity contribution in [1.82, 2.24) is 10.1 Å². The van der Waals surface area contributed by atoms with E-state index in [1.165, 1.54) is 0 Å². The van der Waals surface area contributed by atoms with E-state index in [0.29, 0.717) is 30.2 Å². The Hall–Kier alpha value is -2.59. The third kappa shape index (κ3) is 4.08. The molecule has 3 fully saturated rings. The number of hydrogen-bond donors (Lipinski definition) is 0. The van der Waals surface area contributed by atoms with Gasteiger partial charge in [-0.1, -0.05) is 65.3 Å². The molecule has 5 aliphatic carbocycles. The van der Waals surface area contributed by atoms with Crippen molar-refractivity contribution in [2.75, 3.05) is 0 Å². The molecule has 0 N–H and O–H groups in total. The van der Waals surface area contributed by atoms with E-state index in [2.05, 4.69) is 45.8 Å². The highest BCUT2D eigenvalue weighted by molar-refractivity contribution is 6.04. The second-order valence-corrected chi connectivity index (χ2v) is 17.3. The monoisotopic (exact) mass is 601 g/mol. The Bertz CT molecular complexity index is 1500. The molecule has 0 saturated heterocycles. The summed E-state index contributed by atoms with van der Waals surface area (Å²) in [5, 5.41) is 14.4. The largest absolute Gasteiger partial charge is 0.368 e. The standard InChI is InChI=1S/C37H51N3O4/c1-21-11-14-37(31-39-27(40-44-31)20-43-32(3,4)5)16-15-36(10)29(28(37)22(21)2)24(41)17-26-34(8)18-23(19-38)30(42)33(6,7)25(34)12-13-35(26,36)9/h17-18,21-22,25,28-29H,11-16,20H2,1-10H3/t21-,22+,25+,28+,29-,34+,35-,36-,37+/m1/s1. The third-order valence-corrected chi connectivity index (χ3v) is 13.8. The van der Waals surface area contributed by atoms with Crippen molar-refractivity contribution in [1.29, 1.82) is 5.26 Å². The molecule has 1 heterocycles. The molecule has 0 amide bonds. The molecular weight excluding hydrogens is 550 g/mol. The zero-order valence-electron chi connectivity index (χ0n) is 28.5. The summed E-state index contributed by atoms with van der Waals surface area (Å²) in [5.41, 5.74) is -1.04. The predicted molar refractivity (Wildman–Crippen MR) is 167 cm³/mol. The summed E-state index contributed by atoms with van der Waals surface area (Å²) in [6.45, 7) is 21.9. The van der Waals surface area contributed by atoms with Gasteiger partial charge in [-0.05, 0) is 99.9 Å². The second kappa shape index (κ2) is 9.71. The van der Waals surface area contributed by atoms with Crippen molar-refractivity contribution >= 4 is 11.6 Å². The first-order valence-corrected chi connectivity index (χ1v) is 16.8. The first-order chi connectivity index (χ1) is 20.4. The lowest BCUT2D eigenvalue weighted by Crippen LogP contribution is -2.66. The normalized spacial score (nSPS) is 43.1. The number of carbonyl (C=O) groups excluding carboxylic acids is 2. The molecule has 0 aromatic carbocycles. The maximum atomic E-state index is 14.8. The number of nitrogens with zero attached hydrogens (tertiary/aromatic N) is 3. The Kier molecular flexibility index (Phi) is 6.93. The van der Waals surface area contributed by atoms with Gasteiger partial charge in [-0.2, -0.15) is 10.2 Å². The van der Waals surface area contributed by atoms with Gasteiger partial charge in [0.15, 0.2) is 17.4 Å². The van der Waals surface area contributed by atoms with Crippen LogP contribution in [0.3, 0.4) is 0 Å². The van der Waals surface area contributed by atoms with Gasteiger partial charge in [0.1, 0.15) is 12.7 Å². The maximum Gasteiger partial charge on any atom is 0.233 e. The lowest BCUT2D eigenvalue weighted by Gasteiger charge is -2.69. The van der Waals surface area contributed by atoms with Crippen LogP contribution in [0.1, 0.15) is 119 Å². The summed E-state index contributed by atoms with van der Waals surface area (Å²) in [6, 6.07) is 2.21. The summed E-state index contributed by atoms with van der Waals surface area (Å²) in [6.07, 6.45) is 9.46. The number of allylic oxidation sites excluding steroid dienone is 4. The van der Waals surface area contributed by atoms with Crippen LogP contribution in [0.25, 0.3) is 0 Å². The minimum atomic E-state index is -0.668. The average Bonchev–Trinajstić information content (AvgIpc) is 3.43. The van der Waals surface area contributed by atoms with Crippen molar-refractivity contribution in [3.8, 4) is 6.07 Å². The summed E-state index contributed by atoms with van der Waals surface area (Å²) in [5.74, 6) is 2.07. The number of Topliss-reactive ketones (excluding diaryl/α,β-unsaturated/α-hetero) is 1. The molecule has 0 bridgehead atoms. The van der Waals surface area contributed by atoms with Gasteiger partial charge in [0.25, 0.3) is 0 Å². The molecule has 1 aromatic heterocycles. The molecule has 44 heavy (non-hydrogen) atoms. The summed E-state index contributed by atoms with van der Waals surface area (Å²) in [4.78, 5) is 33.1. The number of nitriles is 1. The molecule has 7 heteroatoms. The fraction of sp³-hybridized carbons (Fsp3) is 0.757. The van der Waals surface area contributed by atoms with E-state index < -0.39 is 10.8 Å². The first-order valence-electron chi connectivity index (χ1n) is 16.8. The Morgan fingerprint density at radius 1 is 1.05 bits per heavy atom. The molecule has 5 aliphatic rings. The molecule has 0 spiro atoms. The average molecular weight is 602 g/mol. The summed E-state index contributed by atoms with van der Waals surface area (Å²) < 4.78 is 12.1. The van der Waals surface area contributed by atoms with Gasteiger partial charge in [0, 0.05) is 16.7 Å². The number of fused-ring (bicyclic) bond motifs is 7. The third-order valence-electron chi connectivity index (χ3n) is 13.8. The SMILES string of the molecule is C[C@@H]1[C@H]2[C@H]3C(=O)C=C4[C@@]5(C)C=C(C#N)C(=O)C(C)(C)[C@@H]5CC[C@@]4(C)[C@]3(C)CC[C@@]2(c2nc(COC(C)(C)C)no2)CC[C@H]1C. The first kappa shape index (κ1) is 31.4. The molecule has 6 rings (SSSR count). The van der Waals surface area contributed by atoms with Gasteiger partial charge in [-0.25, -0.2) is 0 Å². The molecule has 0 radical (unpaired) electrons. The molecule has 3 saturated carbocycles. The smallest absolute Gasteiger partial charge is 0.233 e. The van der Waals surface area contributed by atoms with Crippen LogP contribution in [-0.4, -0.2) is 27.3 Å². The minimum absolute atomic E-state index is 0.0373. The van der Waals surface area contributed by atoms with E-state index in [4.69, 9.17) is 14.2 Å². The molecule has 1 aromatic rings. The lowest BCUT2D eigenvalue weighted by atomic mass is 9.34. The molecule has 7 nitrogen and oxygen atoms in total. The number of carbonyl (C=O) groups is 2. The van der Waals surface area contributed by atoms with E-state index >= 15 is 0 Å². The molecule has 0 unspecified atom stereocenters. The fourth-order valence-electron chi connectivity index (χ4n) is 11.0. The number of hydrogen-bond acceptors (Lipinski definition) is 7. The molecular formula is C37H51N3O4. The van der Waals surface area contributed by atoms with Gasteiger partial charge in [-0.3, -0.25) is 9.59 Å². The van der Waals surface area contributed by atoms with Crippen LogP contribution in [0.4, 0.5) is 0 Å². The van der Waals surface area contributed by atoms with Gasteiger partial charge in [0.05, 0.1) is 16.6 Å². The molecule has 0 aliphatic heterocycles. The van der Waals surface area contributed by atoms with Gasteiger partial charge in [0.2, 0.25) is 5.89 Å². The topological polar surface area (TPSA) is 106 Å². The zero-order valence-corrected chi connectivity index (χ0v) is 28.5. The van der Waals surface area contributed by atoms with Crippen molar-refractivity contribution in [2.45, 2.75) is 125 Å². The number of aromatic nitrogens is 2. The van der Waals surface area contributed by atoms with Gasteiger partial charge < -0.3 is 9.26 Å². The quantitative estimate of drug-likeness (QED) is 0.349. The van der Waals surface area contributed by atoms with E-state index in [1.807, 2.05) is 46.8 Å². The Labute approximate surface area is 263 Å². The highest BCUT2D eigenvalue weighted by atomic mass is 16.5. The molecule has 238 valence electrons. The lowest BCUT2D eigenvalue weighted by molar-refractivity contribution is -0.166. The van der Waals surface area contributed by atoms with Crippen molar-refractivity contribution in [3.63, 3.8) is 0 Å². The van der Waals surface area contributed by atoms with Crippen LogP contribution >= 0.6 is 0 Å². The van der Waals surface area contributed by atoms with Crippen molar-refractivity contribution < 1.29 is 18.8 Å². The Morgan fingerprint density at radius 3 is 2.41 bits per heavy atom. The number of rotatable bonds is 3. The maximum absolute atomic E-state index is 14.8. The predicted octanol–water partition coefficient (Wildman–Crippen LogP) is 7.71. The molecule has 9 atom stereocenters. The van der Waals surface area contributed by atoms with Crippen molar-refractivity contribution in [2.24, 2.45) is 51.2 Å². The fourth-order valence-corrected chi connectivity index (χ4v) is 11.0. The van der Waals surface area contributed by atoms with E-state index in [0.717, 1.165) is 44.1 Å². The van der Waals surface area contributed by atoms with E-state index in [1.54, 1.807) is 0 Å². The van der Waals surface area contributed by atoms with Gasteiger partial charge in [-0.15, -0.1) is 0 Å². The van der Waals surface area contributed by atoms with E-state index in [9.17, 15) is 14.9 Å². The highest BCUT2D eigenvalue weighted by Gasteiger charge is 2.71. The number of ketones is 2. The zero-order chi connectivity index (χ0) is 32.3. The second-order valence-electron chi connectivity index (χ2n) is 17.3. The summed E-state index contributed by atoms with van der Waals surface area (Å²) >= 11 is 0. The number of ether oxygens (including phenoxy) is 1. The Balaban J connectivity index is 1.47. The van der Waals surface area contributed by atoms with E-state index in [-0.39, 0.29) is 56.7 Å². The summed E-state index contributed by atoms with van der Waals surface area (Å²) in [7, 11) is 0. The van der Waals surface area contributed by atoms with Crippen LogP contribution < -0.4 is 0 Å². The van der Waals surface area contributed by atoms with Crippen LogP contribution in [-0.2, 0) is 26.3 Å². The Morgan fingerprint density at radius 2 is 1.75 bits per heavy atom. The van der Waals surface area contributed by atoms with Crippen LogP contribution in [0.5, 0.6) is 0 Å². The van der Waals surface area contributed by atoms with Crippen LogP contribution in [0.2, 0.25) is 0 Å². The minimum Gasteiger partial charge on any atom is -0.368 e. The van der Waals surface area contributed by atoms with Crippen molar-refractivity contribution in [3.05, 3.63) is 35.0 Å².